The summed E-state index contributed by atoms with van der Waals surface area (Å²) in [5.41, 5.74) is 5.66. The van der Waals surface area contributed by atoms with E-state index in [9.17, 15) is 4.79 Å². The zero-order valence-corrected chi connectivity index (χ0v) is 15.5. The van der Waals surface area contributed by atoms with Crippen molar-refractivity contribution in [1.29, 1.82) is 0 Å². The lowest BCUT2D eigenvalue weighted by Crippen LogP contribution is -2.25. The fraction of sp³-hybridized carbons (Fsp3) is 0.318. The van der Waals surface area contributed by atoms with Gasteiger partial charge in [0, 0.05) is 34.7 Å². The van der Waals surface area contributed by atoms with E-state index in [1.54, 1.807) is 0 Å². The van der Waals surface area contributed by atoms with E-state index in [2.05, 4.69) is 72.5 Å². The molecular weight excluding hydrogens is 322 g/mol. The van der Waals surface area contributed by atoms with E-state index >= 15 is 0 Å². The van der Waals surface area contributed by atoms with Gasteiger partial charge < -0.3 is 20.0 Å². The quantitative estimate of drug-likeness (QED) is 0.650. The molecule has 1 aliphatic heterocycles. The third-order valence-electron chi connectivity index (χ3n) is 5.16. The van der Waals surface area contributed by atoms with Crippen molar-refractivity contribution in [3.05, 3.63) is 48.7 Å². The summed E-state index contributed by atoms with van der Waals surface area (Å²) in [5, 5.41) is 8.21. The highest BCUT2D eigenvalue weighted by Gasteiger charge is 2.21. The average molecular weight is 347 g/mol. The molecule has 3 aromatic rings. The Morgan fingerprint density at radius 3 is 2.77 bits per heavy atom. The second-order valence-electron chi connectivity index (χ2n) is 7.49. The van der Waals surface area contributed by atoms with Crippen molar-refractivity contribution in [1.82, 2.24) is 4.57 Å². The Hall–Kier alpha value is -2.75. The van der Waals surface area contributed by atoms with Gasteiger partial charge in [-0.2, -0.15) is 0 Å². The van der Waals surface area contributed by atoms with E-state index in [1.807, 2.05) is 12.1 Å². The number of benzene rings is 2. The Morgan fingerprint density at radius 1 is 1.15 bits per heavy atom. The van der Waals surface area contributed by atoms with Crippen LogP contribution in [0, 0.1) is 0 Å². The molecule has 0 bridgehead atoms. The van der Waals surface area contributed by atoms with Gasteiger partial charge in [0.2, 0.25) is 0 Å². The summed E-state index contributed by atoms with van der Waals surface area (Å²) in [6, 6.07) is 15.5. The van der Waals surface area contributed by atoms with Crippen LogP contribution in [-0.4, -0.2) is 22.9 Å². The summed E-state index contributed by atoms with van der Waals surface area (Å²) >= 11 is 0. The maximum Gasteiger partial charge on any atom is 0.142 e. The molecule has 2 N–H and O–H groups in total. The van der Waals surface area contributed by atoms with Gasteiger partial charge in [-0.3, -0.25) is 0 Å². The molecule has 4 heteroatoms. The van der Waals surface area contributed by atoms with E-state index in [4.69, 9.17) is 0 Å². The number of aldehydes is 1. The second-order valence-corrected chi connectivity index (χ2v) is 7.49. The van der Waals surface area contributed by atoms with Crippen molar-refractivity contribution in [3.63, 3.8) is 0 Å². The summed E-state index contributed by atoms with van der Waals surface area (Å²) in [6.07, 6.45) is 3.93. The van der Waals surface area contributed by atoms with Gasteiger partial charge in [-0.25, -0.2) is 0 Å². The Labute approximate surface area is 154 Å². The zero-order chi connectivity index (χ0) is 18.3. The molecule has 26 heavy (non-hydrogen) atoms. The van der Waals surface area contributed by atoms with Crippen LogP contribution < -0.4 is 10.6 Å². The minimum absolute atomic E-state index is 0.156. The fourth-order valence-electron chi connectivity index (χ4n) is 3.89. The Bertz CT molecular complexity index is 957. The van der Waals surface area contributed by atoms with E-state index in [0.29, 0.717) is 6.04 Å². The summed E-state index contributed by atoms with van der Waals surface area (Å²) in [6.45, 7) is 6.52. The van der Waals surface area contributed by atoms with Gasteiger partial charge in [0.25, 0.3) is 0 Å². The largest absolute Gasteiger partial charge is 0.380 e. The Kier molecular flexibility index (Phi) is 4.19. The summed E-state index contributed by atoms with van der Waals surface area (Å²) < 4.78 is 2.29. The third-order valence-corrected chi connectivity index (χ3v) is 5.16. The number of carbonyl (C=O) groups excluding carboxylic acids is 1. The number of nitrogens with one attached hydrogen (secondary N) is 2. The van der Waals surface area contributed by atoms with E-state index in [0.717, 1.165) is 29.6 Å². The number of carbonyl (C=O) groups is 1. The molecule has 0 aliphatic carbocycles. The Balaban J connectivity index is 1.82. The topological polar surface area (TPSA) is 46.1 Å². The maximum atomic E-state index is 11.3. The number of nitrogens with zero attached hydrogens (tertiary/aromatic N) is 1. The van der Waals surface area contributed by atoms with Crippen molar-refractivity contribution in [2.45, 2.75) is 45.3 Å². The molecule has 0 fully saturated rings. The maximum absolute atomic E-state index is 11.3. The molecule has 0 spiro atoms. The van der Waals surface area contributed by atoms with Crippen LogP contribution in [0.1, 0.15) is 33.2 Å². The highest BCUT2D eigenvalue weighted by atomic mass is 16.1. The van der Waals surface area contributed by atoms with Crippen molar-refractivity contribution in [3.8, 4) is 11.1 Å². The molecule has 1 aromatic heterocycles. The number of hydrogen-bond acceptors (Lipinski definition) is 3. The lowest BCUT2D eigenvalue weighted by Gasteiger charge is -2.17. The lowest BCUT2D eigenvalue weighted by molar-refractivity contribution is -0.108. The van der Waals surface area contributed by atoms with E-state index in [1.165, 1.54) is 16.5 Å². The van der Waals surface area contributed by atoms with E-state index in [-0.39, 0.29) is 12.1 Å². The SMILES string of the molecule is CC(C)n1ccc2cc(-c3cccc4c3N[C@H](C)CC(C=O)N4)ccc21. The molecule has 2 heterocycles. The van der Waals surface area contributed by atoms with Gasteiger partial charge in [0.05, 0.1) is 17.4 Å². The highest BCUT2D eigenvalue weighted by molar-refractivity contribution is 5.93. The van der Waals surface area contributed by atoms with Crippen LogP contribution >= 0.6 is 0 Å². The molecule has 2 aromatic carbocycles. The van der Waals surface area contributed by atoms with Gasteiger partial charge in [-0.15, -0.1) is 0 Å². The molecule has 0 saturated heterocycles. The minimum Gasteiger partial charge on any atom is -0.380 e. The fourth-order valence-corrected chi connectivity index (χ4v) is 3.89. The van der Waals surface area contributed by atoms with Gasteiger partial charge in [0.1, 0.15) is 6.29 Å². The van der Waals surface area contributed by atoms with Crippen molar-refractivity contribution < 1.29 is 4.79 Å². The number of hydrogen-bond donors (Lipinski definition) is 2. The first kappa shape index (κ1) is 16.7. The van der Waals surface area contributed by atoms with Crippen LogP contribution in [0.5, 0.6) is 0 Å². The van der Waals surface area contributed by atoms with Crippen LogP contribution in [-0.2, 0) is 4.79 Å². The highest BCUT2D eigenvalue weighted by Crippen LogP contribution is 2.38. The third kappa shape index (κ3) is 2.85. The van der Waals surface area contributed by atoms with Crippen LogP contribution in [0.3, 0.4) is 0 Å². The number of para-hydroxylation sites is 1. The summed E-state index contributed by atoms with van der Waals surface area (Å²) in [5.74, 6) is 0. The van der Waals surface area contributed by atoms with Crippen LogP contribution in [0.4, 0.5) is 11.4 Å². The van der Waals surface area contributed by atoms with Crippen molar-refractivity contribution in [2.24, 2.45) is 0 Å². The first-order chi connectivity index (χ1) is 12.6. The Morgan fingerprint density at radius 2 is 2.00 bits per heavy atom. The number of anilines is 2. The number of rotatable bonds is 3. The molecule has 134 valence electrons. The first-order valence-electron chi connectivity index (χ1n) is 9.29. The van der Waals surface area contributed by atoms with Crippen molar-refractivity contribution in [2.75, 3.05) is 10.6 Å². The molecule has 1 unspecified atom stereocenters. The van der Waals surface area contributed by atoms with Gasteiger partial charge in [-0.1, -0.05) is 18.2 Å². The van der Waals surface area contributed by atoms with Gasteiger partial charge in [0.15, 0.2) is 0 Å². The molecule has 0 amide bonds. The summed E-state index contributed by atoms with van der Waals surface area (Å²) in [7, 11) is 0. The standard InChI is InChI=1S/C22H25N3O/c1-14(2)25-10-9-17-12-16(7-8-21(17)25)19-5-4-6-20-22(19)23-15(3)11-18(13-26)24-20/h4-10,12-15,18,23-24H,11H2,1-3H3/t15-,18?/m1/s1. The molecule has 0 saturated carbocycles. The smallest absolute Gasteiger partial charge is 0.142 e. The molecule has 1 aliphatic rings. The molecule has 4 rings (SSSR count). The van der Waals surface area contributed by atoms with Crippen LogP contribution in [0.15, 0.2) is 48.7 Å². The zero-order valence-electron chi connectivity index (χ0n) is 15.5. The molecular formula is C22H25N3O. The van der Waals surface area contributed by atoms with Gasteiger partial charge >= 0.3 is 0 Å². The monoisotopic (exact) mass is 347 g/mol. The summed E-state index contributed by atoms with van der Waals surface area (Å²) in [4.78, 5) is 11.3. The van der Waals surface area contributed by atoms with Gasteiger partial charge in [-0.05, 0) is 57.0 Å². The lowest BCUT2D eigenvalue weighted by atomic mass is 10.0. The first-order valence-corrected chi connectivity index (χ1v) is 9.29. The van der Waals surface area contributed by atoms with Crippen molar-refractivity contribution >= 4 is 28.6 Å². The minimum atomic E-state index is -0.156. The predicted octanol–water partition coefficient (Wildman–Crippen LogP) is 5.07. The average Bonchev–Trinajstić information content (AvgIpc) is 2.97. The molecule has 4 nitrogen and oxygen atoms in total. The van der Waals surface area contributed by atoms with Crippen LogP contribution in [0.2, 0.25) is 0 Å². The molecule has 2 atom stereocenters. The predicted molar refractivity (Wildman–Crippen MR) is 109 cm³/mol. The number of aromatic nitrogens is 1. The van der Waals surface area contributed by atoms with Crippen LogP contribution in [0.25, 0.3) is 22.0 Å². The molecule has 0 radical (unpaired) electrons. The number of fused-ring (bicyclic) bond motifs is 2. The normalized spacial score (nSPS) is 19.5. The second kappa shape index (κ2) is 6.52. The van der Waals surface area contributed by atoms with E-state index < -0.39 is 0 Å².